The number of aromatic nitrogens is 4. The summed E-state index contributed by atoms with van der Waals surface area (Å²) in [5.41, 5.74) is 1.50. The summed E-state index contributed by atoms with van der Waals surface area (Å²) in [5, 5.41) is 10.0. The molecule has 2 saturated carbocycles. The highest BCUT2D eigenvalue weighted by atomic mass is 19.4. The number of fused-ring (bicyclic) bond motifs is 1. The summed E-state index contributed by atoms with van der Waals surface area (Å²) in [6.45, 7) is 0. The zero-order valence-electron chi connectivity index (χ0n) is 22.8. The number of imidazole rings is 1. The number of pyridine rings is 1. The van der Waals surface area contributed by atoms with Crippen molar-refractivity contribution >= 4 is 17.5 Å². The van der Waals surface area contributed by atoms with E-state index in [4.69, 9.17) is 4.74 Å². The van der Waals surface area contributed by atoms with Gasteiger partial charge in [0.1, 0.15) is 5.69 Å². The van der Waals surface area contributed by atoms with Gasteiger partial charge in [0.15, 0.2) is 5.65 Å². The van der Waals surface area contributed by atoms with E-state index in [1.807, 2.05) is 0 Å². The van der Waals surface area contributed by atoms with Gasteiger partial charge in [-0.1, -0.05) is 6.07 Å². The number of nitrogens with zero attached hydrogens (tertiary/aromatic N) is 4. The number of carbonyl (C=O) groups excluding carboxylic acids is 2. The molecule has 0 unspecified atom stereocenters. The minimum atomic E-state index is -4.43. The summed E-state index contributed by atoms with van der Waals surface area (Å²) in [4.78, 5) is 34.3. The van der Waals surface area contributed by atoms with Gasteiger partial charge >= 0.3 is 6.18 Å². The Balaban J connectivity index is 1.40. The Bertz CT molecular complexity index is 1430. The molecule has 2 fully saturated rings. The molecule has 2 aliphatic rings. The first-order chi connectivity index (χ1) is 19.9. The van der Waals surface area contributed by atoms with Crippen molar-refractivity contribution < 1.29 is 36.3 Å². The molecular formula is C28H31F5N6O3. The number of hydrogen-bond donors (Lipinski definition) is 2. The molecule has 2 atom stereocenters. The zero-order chi connectivity index (χ0) is 30.1. The van der Waals surface area contributed by atoms with Crippen LogP contribution in [0.3, 0.4) is 0 Å². The van der Waals surface area contributed by atoms with Gasteiger partial charge in [0.2, 0.25) is 17.7 Å². The molecular weight excluding hydrogens is 563 g/mol. The van der Waals surface area contributed by atoms with E-state index < -0.39 is 48.8 Å². The molecule has 0 spiro atoms. The number of carbonyl (C=O) groups is 2. The molecule has 2 aliphatic carbocycles. The van der Waals surface area contributed by atoms with E-state index in [0.29, 0.717) is 16.9 Å². The molecule has 14 heteroatoms. The molecule has 3 aromatic rings. The molecule has 0 radical (unpaired) electrons. The molecule has 0 aromatic carbocycles. The van der Waals surface area contributed by atoms with Crippen molar-refractivity contribution in [1.82, 2.24) is 30.2 Å². The van der Waals surface area contributed by atoms with Gasteiger partial charge in [0.25, 0.3) is 5.91 Å². The number of rotatable bonds is 10. The number of hydrogen-bond acceptors (Lipinski definition) is 6. The standard InChI is InChI=1S/C28H31F5N6O3/c1-42-23-4-2-3-19(36-23)26(41)38-25(17-7-10-27(29,30)11-8-17)20-15-39-21(35-20)13-18(14-34-39)24(16-5-6-16)37-22(40)9-12-28(31,32)33/h2-4,13-17,24-25H,5-12H2,1H3,(H,37,40)(H,38,41)/t24-,25+/m1/s1. The van der Waals surface area contributed by atoms with Crippen LogP contribution in [0.2, 0.25) is 0 Å². The van der Waals surface area contributed by atoms with E-state index in [1.54, 1.807) is 24.4 Å². The minimum absolute atomic E-state index is 0.0739. The van der Waals surface area contributed by atoms with Crippen LogP contribution in [-0.4, -0.2) is 50.6 Å². The first-order valence-electron chi connectivity index (χ1n) is 13.8. The Kier molecular flexibility index (Phi) is 8.33. The van der Waals surface area contributed by atoms with Crippen LogP contribution in [0.25, 0.3) is 5.65 Å². The lowest BCUT2D eigenvalue weighted by molar-refractivity contribution is -0.144. The highest BCUT2D eigenvalue weighted by molar-refractivity contribution is 5.92. The second-order valence-corrected chi connectivity index (χ2v) is 11.0. The highest BCUT2D eigenvalue weighted by Gasteiger charge is 2.40. The first kappa shape index (κ1) is 29.6. The van der Waals surface area contributed by atoms with Gasteiger partial charge in [-0.3, -0.25) is 9.59 Å². The molecule has 3 heterocycles. The van der Waals surface area contributed by atoms with Crippen molar-refractivity contribution in [3.8, 4) is 5.88 Å². The molecule has 3 aromatic heterocycles. The molecule has 0 aliphatic heterocycles. The third kappa shape index (κ3) is 7.32. The van der Waals surface area contributed by atoms with Gasteiger partial charge < -0.3 is 15.4 Å². The predicted molar refractivity (Wildman–Crippen MR) is 140 cm³/mol. The van der Waals surface area contributed by atoms with E-state index >= 15 is 0 Å². The van der Waals surface area contributed by atoms with Crippen molar-refractivity contribution in [2.24, 2.45) is 11.8 Å². The van der Waals surface area contributed by atoms with Crippen molar-refractivity contribution in [2.45, 2.75) is 75.5 Å². The van der Waals surface area contributed by atoms with Crippen LogP contribution in [0.4, 0.5) is 22.0 Å². The normalized spacial score (nSPS) is 18.8. The second-order valence-electron chi connectivity index (χ2n) is 11.0. The molecule has 0 saturated heterocycles. The van der Waals surface area contributed by atoms with E-state index in [-0.39, 0.29) is 49.1 Å². The molecule has 2 amide bonds. The van der Waals surface area contributed by atoms with Crippen LogP contribution in [0.15, 0.2) is 36.7 Å². The number of halogens is 5. The summed E-state index contributed by atoms with van der Waals surface area (Å²) in [6, 6.07) is 5.19. The van der Waals surface area contributed by atoms with Gasteiger partial charge in [0.05, 0.1) is 43.7 Å². The zero-order valence-corrected chi connectivity index (χ0v) is 22.8. The van der Waals surface area contributed by atoms with Crippen molar-refractivity contribution in [3.05, 3.63) is 53.6 Å². The maximum atomic E-state index is 14.0. The van der Waals surface area contributed by atoms with Crippen LogP contribution < -0.4 is 15.4 Å². The fraction of sp³-hybridized carbons (Fsp3) is 0.536. The lowest BCUT2D eigenvalue weighted by Crippen LogP contribution is -2.37. The summed E-state index contributed by atoms with van der Waals surface area (Å²) in [6.07, 6.45) is -1.81. The van der Waals surface area contributed by atoms with E-state index in [0.717, 1.165) is 12.8 Å². The SMILES string of the molecule is COc1cccc(C(=O)N[C@H](c2cn3ncc([C@H](NC(=O)CCC(F)(F)F)C4CC4)cc3n2)C2CCC(F)(F)CC2)n1. The third-order valence-corrected chi connectivity index (χ3v) is 7.77. The molecule has 0 bridgehead atoms. The lowest BCUT2D eigenvalue weighted by Gasteiger charge is -2.33. The van der Waals surface area contributed by atoms with E-state index in [1.165, 1.54) is 23.9 Å². The van der Waals surface area contributed by atoms with Gasteiger partial charge in [-0.15, -0.1) is 0 Å². The highest BCUT2D eigenvalue weighted by Crippen LogP contribution is 2.43. The van der Waals surface area contributed by atoms with Crippen molar-refractivity contribution in [3.63, 3.8) is 0 Å². The summed E-state index contributed by atoms with van der Waals surface area (Å²) in [7, 11) is 1.43. The van der Waals surface area contributed by atoms with Crippen LogP contribution in [0.5, 0.6) is 5.88 Å². The van der Waals surface area contributed by atoms with Gasteiger partial charge in [-0.05, 0) is 55.2 Å². The maximum absolute atomic E-state index is 14.0. The average Bonchev–Trinajstić information content (AvgIpc) is 3.71. The summed E-state index contributed by atoms with van der Waals surface area (Å²) >= 11 is 0. The number of amides is 2. The molecule has 9 nitrogen and oxygen atoms in total. The second kappa shape index (κ2) is 11.8. The van der Waals surface area contributed by atoms with Crippen LogP contribution in [0.1, 0.15) is 85.2 Å². The van der Waals surface area contributed by atoms with Crippen LogP contribution in [-0.2, 0) is 4.79 Å². The quantitative estimate of drug-likeness (QED) is 0.307. The Morgan fingerprint density at radius 3 is 2.45 bits per heavy atom. The fourth-order valence-electron chi connectivity index (χ4n) is 5.33. The molecule has 226 valence electrons. The van der Waals surface area contributed by atoms with Gasteiger partial charge in [0, 0.05) is 25.3 Å². The van der Waals surface area contributed by atoms with Crippen LogP contribution >= 0.6 is 0 Å². The predicted octanol–water partition coefficient (Wildman–Crippen LogP) is 5.34. The summed E-state index contributed by atoms with van der Waals surface area (Å²) in [5.74, 6) is -3.98. The monoisotopic (exact) mass is 594 g/mol. The topological polar surface area (TPSA) is 111 Å². The Hall–Kier alpha value is -3.84. The average molecular weight is 595 g/mol. The molecule has 5 rings (SSSR count). The fourth-order valence-corrected chi connectivity index (χ4v) is 5.33. The number of alkyl halides is 5. The minimum Gasteiger partial charge on any atom is -0.481 e. The smallest absolute Gasteiger partial charge is 0.389 e. The largest absolute Gasteiger partial charge is 0.481 e. The number of nitrogens with one attached hydrogen (secondary N) is 2. The van der Waals surface area contributed by atoms with Gasteiger partial charge in [-0.2, -0.15) is 18.3 Å². The van der Waals surface area contributed by atoms with Gasteiger partial charge in [-0.25, -0.2) is 23.3 Å². The number of ether oxygens (including phenoxy) is 1. The van der Waals surface area contributed by atoms with Crippen LogP contribution in [0, 0.1) is 11.8 Å². The number of methoxy groups -OCH3 is 1. The molecule has 2 N–H and O–H groups in total. The third-order valence-electron chi connectivity index (χ3n) is 7.77. The van der Waals surface area contributed by atoms with E-state index in [2.05, 4.69) is 25.7 Å². The van der Waals surface area contributed by atoms with E-state index in [9.17, 15) is 31.5 Å². The van der Waals surface area contributed by atoms with Crippen molar-refractivity contribution in [2.75, 3.05) is 7.11 Å². The lowest BCUT2D eigenvalue weighted by atomic mass is 9.81. The first-order valence-corrected chi connectivity index (χ1v) is 13.8. The maximum Gasteiger partial charge on any atom is 0.389 e. The Morgan fingerprint density at radius 1 is 1.07 bits per heavy atom. The Labute approximate surface area is 238 Å². The summed E-state index contributed by atoms with van der Waals surface area (Å²) < 4.78 is 72.3. The Morgan fingerprint density at radius 2 is 1.79 bits per heavy atom. The van der Waals surface area contributed by atoms with Crippen molar-refractivity contribution in [1.29, 1.82) is 0 Å². The molecule has 42 heavy (non-hydrogen) atoms.